The van der Waals surface area contributed by atoms with Crippen molar-refractivity contribution in [2.45, 2.75) is 0 Å². The van der Waals surface area contributed by atoms with Crippen molar-refractivity contribution in [3.63, 3.8) is 0 Å². The van der Waals surface area contributed by atoms with Crippen molar-refractivity contribution in [3.8, 4) is 5.75 Å². The van der Waals surface area contributed by atoms with Gasteiger partial charge in [0.25, 0.3) is 11.8 Å². The lowest BCUT2D eigenvalue weighted by Crippen LogP contribution is -2.48. The Kier molecular flexibility index (Phi) is 7.02. The lowest BCUT2D eigenvalue weighted by atomic mass is 10.2. The number of hydrogen-bond acceptors (Lipinski definition) is 5. The van der Waals surface area contributed by atoms with Crippen molar-refractivity contribution >= 4 is 58.0 Å². The summed E-state index contributed by atoms with van der Waals surface area (Å²) in [7, 11) is 1.45. The van der Waals surface area contributed by atoms with Gasteiger partial charge in [0.15, 0.2) is 11.5 Å². The molecule has 2 amide bonds. The number of amides is 2. The molecular weight excluding hydrogens is 489 g/mol. The molecule has 2 heterocycles. The van der Waals surface area contributed by atoms with E-state index in [2.05, 4.69) is 10.2 Å². The van der Waals surface area contributed by atoms with E-state index in [1.165, 1.54) is 25.5 Å². The maximum absolute atomic E-state index is 12.6. The zero-order chi connectivity index (χ0) is 23.5. The van der Waals surface area contributed by atoms with Crippen molar-refractivity contribution in [1.82, 2.24) is 4.90 Å². The van der Waals surface area contributed by atoms with E-state index in [0.717, 1.165) is 5.69 Å². The molecule has 0 spiro atoms. The average Bonchev–Trinajstić information content (AvgIpc) is 3.34. The van der Waals surface area contributed by atoms with Crippen molar-refractivity contribution in [2.75, 3.05) is 43.5 Å². The number of nitrogens with zero attached hydrogens (tertiary/aromatic N) is 2. The van der Waals surface area contributed by atoms with Gasteiger partial charge in [-0.05, 0) is 42.5 Å². The molecular formula is C23H20Cl3N3O4. The third kappa shape index (κ3) is 5.05. The molecule has 2 aromatic carbocycles. The molecule has 1 fully saturated rings. The number of rotatable bonds is 5. The Hall–Kier alpha value is -2.87. The lowest BCUT2D eigenvalue weighted by molar-refractivity contribution is 0.0714. The maximum Gasteiger partial charge on any atom is 0.289 e. The van der Waals surface area contributed by atoms with E-state index in [0.29, 0.717) is 54.0 Å². The molecule has 1 aliphatic rings. The second kappa shape index (κ2) is 9.95. The molecule has 4 rings (SSSR count). The highest BCUT2D eigenvalue weighted by Gasteiger charge is 2.25. The third-order valence-electron chi connectivity index (χ3n) is 5.31. The summed E-state index contributed by atoms with van der Waals surface area (Å²) in [6.45, 7) is 2.35. The number of carbonyl (C=O) groups excluding carboxylic acids is 2. The Morgan fingerprint density at radius 3 is 2.24 bits per heavy atom. The van der Waals surface area contributed by atoms with Gasteiger partial charge in [-0.2, -0.15) is 0 Å². The largest absolute Gasteiger partial charge is 0.494 e. The average molecular weight is 509 g/mol. The van der Waals surface area contributed by atoms with Gasteiger partial charge < -0.3 is 24.3 Å². The third-order valence-corrected chi connectivity index (χ3v) is 6.17. The molecule has 0 atom stereocenters. The second-order valence-electron chi connectivity index (χ2n) is 7.35. The molecule has 0 bridgehead atoms. The van der Waals surface area contributed by atoms with Gasteiger partial charge in [-0.15, -0.1) is 0 Å². The number of methoxy groups -OCH3 is 1. The molecule has 0 aliphatic carbocycles. The monoisotopic (exact) mass is 507 g/mol. The predicted molar refractivity (Wildman–Crippen MR) is 129 cm³/mol. The predicted octanol–water partition coefficient (Wildman–Crippen LogP) is 5.46. The van der Waals surface area contributed by atoms with Crippen LogP contribution >= 0.6 is 34.8 Å². The fourth-order valence-electron chi connectivity index (χ4n) is 3.64. The summed E-state index contributed by atoms with van der Waals surface area (Å²) in [6.07, 6.45) is 1.49. The summed E-state index contributed by atoms with van der Waals surface area (Å²) in [5.41, 5.74) is 1.65. The van der Waals surface area contributed by atoms with Gasteiger partial charge in [-0.1, -0.05) is 34.8 Å². The van der Waals surface area contributed by atoms with Gasteiger partial charge in [0.05, 0.1) is 34.1 Å². The summed E-state index contributed by atoms with van der Waals surface area (Å²) < 4.78 is 10.3. The molecule has 0 saturated carbocycles. The molecule has 3 aromatic rings. The zero-order valence-corrected chi connectivity index (χ0v) is 19.9. The SMILES string of the molecule is COc1c(Cl)cc(C(=O)Nc2ccc(N3CCN(C(=O)c4ccco4)CC3)c(Cl)c2)cc1Cl. The number of carbonyl (C=O) groups is 2. The van der Waals surface area contributed by atoms with Crippen molar-refractivity contribution in [3.05, 3.63) is 75.1 Å². The maximum atomic E-state index is 12.6. The number of halogens is 3. The van der Waals surface area contributed by atoms with Gasteiger partial charge in [-0.25, -0.2) is 0 Å². The van der Waals surface area contributed by atoms with Gasteiger partial charge in [0, 0.05) is 37.4 Å². The topological polar surface area (TPSA) is 75.0 Å². The van der Waals surface area contributed by atoms with Crippen LogP contribution in [0.25, 0.3) is 0 Å². The summed E-state index contributed by atoms with van der Waals surface area (Å²) in [4.78, 5) is 28.9. The van der Waals surface area contributed by atoms with Crippen molar-refractivity contribution < 1.29 is 18.7 Å². The molecule has 1 aromatic heterocycles. The molecule has 1 N–H and O–H groups in total. The first-order chi connectivity index (χ1) is 15.9. The van der Waals surface area contributed by atoms with E-state index < -0.39 is 0 Å². The van der Waals surface area contributed by atoms with Crippen LogP contribution in [0.4, 0.5) is 11.4 Å². The molecule has 33 heavy (non-hydrogen) atoms. The first-order valence-electron chi connectivity index (χ1n) is 10.1. The molecule has 172 valence electrons. The van der Waals surface area contributed by atoms with Crippen LogP contribution in [-0.2, 0) is 0 Å². The highest BCUT2D eigenvalue weighted by molar-refractivity contribution is 6.38. The normalized spacial score (nSPS) is 13.7. The summed E-state index contributed by atoms with van der Waals surface area (Å²) in [5, 5.41) is 3.77. The fourth-order valence-corrected chi connectivity index (χ4v) is 4.58. The Labute approximate surface area is 205 Å². The Morgan fingerprint density at radius 2 is 1.67 bits per heavy atom. The number of piperazine rings is 1. The van der Waals surface area contributed by atoms with Crippen LogP contribution in [0, 0.1) is 0 Å². The van der Waals surface area contributed by atoms with Gasteiger partial charge >= 0.3 is 0 Å². The zero-order valence-electron chi connectivity index (χ0n) is 17.6. The second-order valence-corrected chi connectivity index (χ2v) is 8.57. The van der Waals surface area contributed by atoms with E-state index in [1.807, 2.05) is 6.07 Å². The molecule has 0 radical (unpaired) electrons. The first kappa shape index (κ1) is 23.3. The minimum Gasteiger partial charge on any atom is -0.494 e. The fraction of sp³-hybridized carbons (Fsp3) is 0.217. The summed E-state index contributed by atoms with van der Waals surface area (Å²) >= 11 is 18.8. The van der Waals surface area contributed by atoms with Crippen molar-refractivity contribution in [2.24, 2.45) is 0 Å². The number of hydrogen-bond donors (Lipinski definition) is 1. The van der Waals surface area contributed by atoms with E-state index >= 15 is 0 Å². The molecule has 1 aliphatic heterocycles. The van der Waals surface area contributed by atoms with Crippen LogP contribution in [0.1, 0.15) is 20.9 Å². The van der Waals surface area contributed by atoms with E-state index in [4.69, 9.17) is 44.0 Å². The summed E-state index contributed by atoms with van der Waals surface area (Å²) in [5.74, 6) is 0.145. The molecule has 0 unspecified atom stereocenters. The van der Waals surface area contributed by atoms with Crippen LogP contribution < -0.4 is 15.0 Å². The van der Waals surface area contributed by atoms with Gasteiger partial charge in [0.2, 0.25) is 0 Å². The minimum atomic E-state index is -0.379. The van der Waals surface area contributed by atoms with E-state index in [1.54, 1.807) is 29.2 Å². The highest BCUT2D eigenvalue weighted by atomic mass is 35.5. The van der Waals surface area contributed by atoms with Crippen LogP contribution in [0.5, 0.6) is 5.75 Å². The minimum absolute atomic E-state index is 0.123. The number of nitrogens with one attached hydrogen (secondary N) is 1. The first-order valence-corrected chi connectivity index (χ1v) is 11.2. The quantitative estimate of drug-likeness (QED) is 0.495. The van der Waals surface area contributed by atoms with Gasteiger partial charge in [0.1, 0.15) is 0 Å². The van der Waals surface area contributed by atoms with Gasteiger partial charge in [-0.3, -0.25) is 9.59 Å². The molecule has 1 saturated heterocycles. The molecule has 10 heteroatoms. The number of anilines is 2. The van der Waals surface area contributed by atoms with Crippen molar-refractivity contribution in [1.29, 1.82) is 0 Å². The van der Waals surface area contributed by atoms with Crippen LogP contribution in [0.2, 0.25) is 15.1 Å². The number of furan rings is 1. The smallest absolute Gasteiger partial charge is 0.289 e. The van der Waals surface area contributed by atoms with E-state index in [-0.39, 0.29) is 21.9 Å². The summed E-state index contributed by atoms with van der Waals surface area (Å²) in [6, 6.07) is 11.6. The van der Waals surface area contributed by atoms with Crippen LogP contribution in [0.15, 0.2) is 53.1 Å². The highest BCUT2D eigenvalue weighted by Crippen LogP contribution is 2.34. The van der Waals surface area contributed by atoms with E-state index in [9.17, 15) is 9.59 Å². The van der Waals surface area contributed by atoms with Crippen LogP contribution in [0.3, 0.4) is 0 Å². The Balaban J connectivity index is 1.40. The Morgan fingerprint density at radius 1 is 0.970 bits per heavy atom. The molecule has 7 nitrogen and oxygen atoms in total. The number of benzene rings is 2. The van der Waals surface area contributed by atoms with Crippen LogP contribution in [-0.4, -0.2) is 50.0 Å². The number of ether oxygens (including phenoxy) is 1. The standard InChI is InChI=1S/C23H20Cl3N3O4/c1-32-21-17(25)11-14(12-18(21)26)22(30)27-15-4-5-19(16(24)13-15)28-6-8-29(9-7-28)23(31)20-3-2-10-33-20/h2-5,10-13H,6-9H2,1H3,(H,27,30). The Bertz CT molecular complexity index is 1150. The lowest BCUT2D eigenvalue weighted by Gasteiger charge is -2.36.